The smallest absolute Gasteiger partial charge is 0.175 e. The molecule has 2 aromatic rings. The van der Waals surface area contributed by atoms with Gasteiger partial charge in [-0.2, -0.15) is 5.26 Å². The largest absolute Gasteiger partial charge is 0.493 e. The molecule has 1 saturated heterocycles. The summed E-state index contributed by atoms with van der Waals surface area (Å²) in [6.45, 7) is 3.02. The zero-order chi connectivity index (χ0) is 20.9. The minimum Gasteiger partial charge on any atom is -0.493 e. The van der Waals surface area contributed by atoms with E-state index in [-0.39, 0.29) is 23.3 Å². The molecule has 7 heteroatoms. The van der Waals surface area contributed by atoms with Gasteiger partial charge in [0.2, 0.25) is 0 Å². The van der Waals surface area contributed by atoms with Crippen LogP contribution >= 0.6 is 0 Å². The molecule has 1 aliphatic rings. The summed E-state index contributed by atoms with van der Waals surface area (Å²) < 4.78 is 28.9. The van der Waals surface area contributed by atoms with Crippen LogP contribution < -0.4 is 4.74 Å². The first-order chi connectivity index (χ1) is 13.9. The summed E-state index contributed by atoms with van der Waals surface area (Å²) in [7, 11) is -3.22. The highest BCUT2D eigenvalue weighted by molar-refractivity contribution is 7.90. The van der Waals surface area contributed by atoms with Gasteiger partial charge < -0.3 is 14.7 Å². The van der Waals surface area contributed by atoms with Gasteiger partial charge in [-0.1, -0.05) is 18.2 Å². The average Bonchev–Trinajstić information content (AvgIpc) is 3.12. The van der Waals surface area contributed by atoms with Crippen molar-refractivity contribution < 1.29 is 18.3 Å². The highest BCUT2D eigenvalue weighted by Crippen LogP contribution is 2.25. The van der Waals surface area contributed by atoms with Gasteiger partial charge in [0, 0.05) is 44.3 Å². The minimum absolute atomic E-state index is 0.103. The quantitative estimate of drug-likeness (QED) is 0.712. The van der Waals surface area contributed by atoms with Crippen molar-refractivity contribution in [2.75, 3.05) is 39.1 Å². The van der Waals surface area contributed by atoms with E-state index >= 15 is 0 Å². The number of rotatable bonds is 8. The highest BCUT2D eigenvalue weighted by Gasteiger charge is 2.32. The summed E-state index contributed by atoms with van der Waals surface area (Å²) in [5.41, 5.74) is 1.75. The number of nitrogens with zero attached hydrogens (tertiary/aromatic N) is 2. The molecule has 29 heavy (non-hydrogen) atoms. The van der Waals surface area contributed by atoms with Gasteiger partial charge in [-0.25, -0.2) is 8.42 Å². The van der Waals surface area contributed by atoms with Crippen molar-refractivity contribution in [2.24, 2.45) is 11.8 Å². The van der Waals surface area contributed by atoms with E-state index in [2.05, 4.69) is 11.0 Å². The lowest BCUT2D eigenvalue weighted by molar-refractivity contribution is 0.162. The monoisotopic (exact) mass is 414 g/mol. The third-order valence-electron chi connectivity index (χ3n) is 5.44. The van der Waals surface area contributed by atoms with Crippen molar-refractivity contribution in [3.8, 4) is 11.8 Å². The number of aliphatic hydroxyl groups excluding tert-OH is 1. The molecule has 0 aromatic heterocycles. The van der Waals surface area contributed by atoms with Crippen LogP contribution in [0.25, 0.3) is 0 Å². The zero-order valence-corrected chi connectivity index (χ0v) is 17.3. The molecular formula is C22H26N2O4S. The lowest BCUT2D eigenvalue weighted by Crippen LogP contribution is -2.25. The second kappa shape index (κ2) is 9.40. The number of benzene rings is 2. The summed E-state index contributed by atoms with van der Waals surface area (Å²) in [6.07, 6.45) is 1.97. The number of hydrogen-bond acceptors (Lipinski definition) is 6. The SMILES string of the molecule is CS(=O)(=O)c1ccc(OC[C@@H]2CN(CCc3ccccc3C#N)C[C@H]2CO)cc1. The Morgan fingerprint density at radius 3 is 2.48 bits per heavy atom. The number of nitriles is 1. The molecule has 0 bridgehead atoms. The predicted molar refractivity (Wildman–Crippen MR) is 110 cm³/mol. The number of ether oxygens (including phenoxy) is 1. The van der Waals surface area contributed by atoms with Crippen molar-refractivity contribution in [3.63, 3.8) is 0 Å². The first-order valence-corrected chi connectivity index (χ1v) is 11.5. The van der Waals surface area contributed by atoms with Crippen molar-refractivity contribution in [1.82, 2.24) is 4.90 Å². The molecule has 2 aromatic carbocycles. The Balaban J connectivity index is 1.54. The third kappa shape index (κ3) is 5.57. The van der Waals surface area contributed by atoms with Gasteiger partial charge in [0.1, 0.15) is 5.75 Å². The Labute approximate surface area is 172 Å². The molecule has 0 unspecified atom stereocenters. The second-order valence-corrected chi connectivity index (χ2v) is 9.55. The van der Waals surface area contributed by atoms with Gasteiger partial charge >= 0.3 is 0 Å². The van der Waals surface area contributed by atoms with Gasteiger partial charge in [0.25, 0.3) is 0 Å². The van der Waals surface area contributed by atoms with Crippen LogP contribution in [0.3, 0.4) is 0 Å². The van der Waals surface area contributed by atoms with Crippen molar-refractivity contribution in [2.45, 2.75) is 11.3 Å². The molecule has 6 nitrogen and oxygen atoms in total. The fraction of sp³-hybridized carbons (Fsp3) is 0.409. The lowest BCUT2D eigenvalue weighted by atomic mass is 9.98. The minimum atomic E-state index is -3.22. The normalized spacial score (nSPS) is 19.8. The van der Waals surface area contributed by atoms with Crippen LogP contribution in [0.1, 0.15) is 11.1 Å². The highest BCUT2D eigenvalue weighted by atomic mass is 32.2. The molecule has 154 valence electrons. The molecule has 0 radical (unpaired) electrons. The number of aliphatic hydroxyl groups is 1. The standard InChI is InChI=1S/C22H26N2O4S/c1-29(26,27)22-8-6-21(7-9-22)28-16-20-14-24(13-19(20)15-25)11-10-17-4-2-3-5-18(17)12-23/h2-9,19-20,25H,10-11,13-16H2,1H3/t19-,20-/m0/s1. The first kappa shape index (κ1) is 21.3. The average molecular weight is 415 g/mol. The molecule has 1 heterocycles. The number of hydrogen-bond donors (Lipinski definition) is 1. The molecule has 1 N–H and O–H groups in total. The van der Waals surface area contributed by atoms with Crippen LogP contribution in [0.15, 0.2) is 53.4 Å². The van der Waals surface area contributed by atoms with E-state index in [1.54, 1.807) is 24.3 Å². The number of sulfone groups is 1. The van der Waals surface area contributed by atoms with Crippen molar-refractivity contribution in [1.29, 1.82) is 5.26 Å². The predicted octanol–water partition coefficient (Wildman–Crippen LogP) is 2.12. The first-order valence-electron chi connectivity index (χ1n) is 9.65. The van der Waals surface area contributed by atoms with Crippen LogP contribution in [0.5, 0.6) is 5.75 Å². The van der Waals surface area contributed by atoms with Gasteiger partial charge in [0.15, 0.2) is 9.84 Å². The Morgan fingerprint density at radius 2 is 1.83 bits per heavy atom. The summed E-state index contributed by atoms with van der Waals surface area (Å²) in [6, 6.07) is 16.3. The zero-order valence-electron chi connectivity index (χ0n) is 16.5. The maximum absolute atomic E-state index is 11.5. The van der Waals surface area contributed by atoms with Crippen LogP contribution in [0, 0.1) is 23.2 Å². The van der Waals surface area contributed by atoms with E-state index in [4.69, 9.17) is 4.74 Å². The molecule has 1 aliphatic heterocycles. The summed E-state index contributed by atoms with van der Waals surface area (Å²) in [5, 5.41) is 19.0. The topological polar surface area (TPSA) is 90.6 Å². The van der Waals surface area contributed by atoms with E-state index in [9.17, 15) is 18.8 Å². The van der Waals surface area contributed by atoms with Gasteiger partial charge in [0.05, 0.1) is 23.1 Å². The Hall–Kier alpha value is -2.40. The van der Waals surface area contributed by atoms with E-state index in [1.807, 2.05) is 24.3 Å². The Bertz CT molecular complexity index is 967. The van der Waals surface area contributed by atoms with Gasteiger partial charge in [-0.15, -0.1) is 0 Å². The maximum atomic E-state index is 11.5. The molecule has 0 aliphatic carbocycles. The Morgan fingerprint density at radius 1 is 1.14 bits per heavy atom. The van der Waals surface area contributed by atoms with Crippen LogP contribution in [0.4, 0.5) is 0 Å². The van der Waals surface area contributed by atoms with Crippen LogP contribution in [0.2, 0.25) is 0 Å². The maximum Gasteiger partial charge on any atom is 0.175 e. The lowest BCUT2D eigenvalue weighted by Gasteiger charge is -2.17. The molecule has 2 atom stereocenters. The summed E-state index contributed by atoms with van der Waals surface area (Å²) in [4.78, 5) is 2.57. The van der Waals surface area contributed by atoms with E-state index in [0.717, 1.165) is 31.6 Å². The molecular weight excluding hydrogens is 388 g/mol. The van der Waals surface area contributed by atoms with E-state index < -0.39 is 9.84 Å². The molecule has 3 rings (SSSR count). The van der Waals surface area contributed by atoms with Crippen LogP contribution in [-0.4, -0.2) is 57.5 Å². The fourth-order valence-corrected chi connectivity index (χ4v) is 4.36. The van der Waals surface area contributed by atoms with E-state index in [0.29, 0.717) is 17.9 Å². The molecule has 1 fully saturated rings. The second-order valence-electron chi connectivity index (χ2n) is 7.54. The third-order valence-corrected chi connectivity index (χ3v) is 6.57. The molecule has 0 saturated carbocycles. The van der Waals surface area contributed by atoms with Gasteiger partial charge in [-0.05, 0) is 42.3 Å². The fourth-order valence-electron chi connectivity index (χ4n) is 3.73. The number of likely N-dealkylation sites (tertiary alicyclic amines) is 1. The summed E-state index contributed by atoms with van der Waals surface area (Å²) >= 11 is 0. The van der Waals surface area contributed by atoms with Crippen LogP contribution in [-0.2, 0) is 16.3 Å². The molecule has 0 amide bonds. The van der Waals surface area contributed by atoms with Gasteiger partial charge in [-0.3, -0.25) is 0 Å². The van der Waals surface area contributed by atoms with Crippen molar-refractivity contribution in [3.05, 3.63) is 59.7 Å². The van der Waals surface area contributed by atoms with E-state index in [1.165, 1.54) is 6.26 Å². The molecule has 0 spiro atoms. The summed E-state index contributed by atoms with van der Waals surface area (Å²) in [5.74, 6) is 0.952. The Kier molecular flexibility index (Phi) is 6.91. The van der Waals surface area contributed by atoms with Crippen molar-refractivity contribution >= 4 is 9.84 Å².